The summed E-state index contributed by atoms with van der Waals surface area (Å²) in [6.45, 7) is 3.43. The van der Waals surface area contributed by atoms with Gasteiger partial charge in [0, 0.05) is 18.4 Å². The van der Waals surface area contributed by atoms with Gasteiger partial charge in [0.05, 0.1) is 0 Å². The van der Waals surface area contributed by atoms with E-state index in [2.05, 4.69) is 16.9 Å². The summed E-state index contributed by atoms with van der Waals surface area (Å²) in [7, 11) is 0. The van der Waals surface area contributed by atoms with Gasteiger partial charge in [-0.25, -0.2) is 0 Å². The molecule has 2 rings (SSSR count). The van der Waals surface area contributed by atoms with Gasteiger partial charge in [-0.2, -0.15) is 0 Å². The summed E-state index contributed by atoms with van der Waals surface area (Å²) in [5, 5.41) is 2.89. The second-order valence-electron chi connectivity index (χ2n) is 3.46. The molecule has 0 saturated heterocycles. The molecule has 72 valence electrons. The van der Waals surface area contributed by atoms with Gasteiger partial charge in [-0.3, -0.25) is 9.78 Å². The third-order valence-electron chi connectivity index (χ3n) is 2.47. The van der Waals surface area contributed by atoms with Gasteiger partial charge < -0.3 is 5.32 Å². The Morgan fingerprint density at radius 2 is 2.36 bits per heavy atom. The van der Waals surface area contributed by atoms with Crippen LogP contribution in [0, 0.1) is 0 Å². The largest absolute Gasteiger partial charge is 0.349 e. The van der Waals surface area contributed by atoms with E-state index in [1.165, 1.54) is 17.2 Å². The van der Waals surface area contributed by atoms with Gasteiger partial charge in [0.2, 0.25) is 5.91 Å². The minimum Gasteiger partial charge on any atom is -0.349 e. The first-order valence-electron chi connectivity index (χ1n) is 4.64. The van der Waals surface area contributed by atoms with Crippen LogP contribution in [0.4, 0.5) is 0 Å². The molecular weight excluding hydrogens is 176 g/mol. The van der Waals surface area contributed by atoms with E-state index in [4.69, 9.17) is 0 Å². The Morgan fingerprint density at radius 1 is 1.57 bits per heavy atom. The molecule has 3 heteroatoms. The number of carbonyl (C=O) groups is 1. The van der Waals surface area contributed by atoms with E-state index in [0.717, 1.165) is 12.8 Å². The molecule has 1 aliphatic rings. The molecule has 0 saturated carbocycles. The lowest BCUT2D eigenvalue weighted by Gasteiger charge is -2.08. The van der Waals surface area contributed by atoms with E-state index in [9.17, 15) is 4.79 Å². The Bertz CT molecular complexity index is 348. The molecule has 1 aromatic rings. The van der Waals surface area contributed by atoms with Gasteiger partial charge in [-0.15, -0.1) is 0 Å². The monoisotopic (exact) mass is 188 g/mol. The number of hydrogen-bond donors (Lipinski definition) is 1. The van der Waals surface area contributed by atoms with E-state index in [-0.39, 0.29) is 11.9 Å². The van der Waals surface area contributed by atoms with Gasteiger partial charge in [-0.05, 0) is 36.1 Å². The van der Waals surface area contributed by atoms with Gasteiger partial charge in [-0.1, -0.05) is 6.58 Å². The van der Waals surface area contributed by atoms with Crippen molar-refractivity contribution in [3.8, 4) is 0 Å². The molecule has 1 amide bonds. The average molecular weight is 188 g/mol. The molecule has 0 fully saturated rings. The van der Waals surface area contributed by atoms with E-state index >= 15 is 0 Å². The molecule has 3 nitrogen and oxygen atoms in total. The van der Waals surface area contributed by atoms with Crippen LogP contribution in [-0.2, 0) is 17.6 Å². The van der Waals surface area contributed by atoms with Crippen LogP contribution in [0.15, 0.2) is 31.1 Å². The molecule has 1 unspecified atom stereocenters. The first kappa shape index (κ1) is 8.94. The first-order chi connectivity index (χ1) is 6.79. The minimum atomic E-state index is -0.101. The molecule has 1 aliphatic carbocycles. The SMILES string of the molecule is C=CC(=O)NC1Cc2ccncc2C1. The first-order valence-corrected chi connectivity index (χ1v) is 4.64. The molecule has 1 atom stereocenters. The number of nitrogens with zero attached hydrogens (tertiary/aromatic N) is 1. The Balaban J connectivity index is 2.05. The van der Waals surface area contributed by atoms with Crippen molar-refractivity contribution in [3.05, 3.63) is 42.2 Å². The highest BCUT2D eigenvalue weighted by Gasteiger charge is 2.21. The summed E-state index contributed by atoms with van der Waals surface area (Å²) in [6, 6.07) is 2.22. The summed E-state index contributed by atoms with van der Waals surface area (Å²) >= 11 is 0. The quantitative estimate of drug-likeness (QED) is 0.699. The van der Waals surface area contributed by atoms with Crippen LogP contribution in [0.2, 0.25) is 0 Å². The zero-order valence-electron chi connectivity index (χ0n) is 7.86. The smallest absolute Gasteiger partial charge is 0.243 e. The fraction of sp³-hybridized carbons (Fsp3) is 0.273. The fourth-order valence-electron chi connectivity index (χ4n) is 1.80. The highest BCUT2D eigenvalue weighted by atomic mass is 16.1. The lowest BCUT2D eigenvalue weighted by Crippen LogP contribution is -2.33. The van der Waals surface area contributed by atoms with Crippen LogP contribution in [0.1, 0.15) is 11.1 Å². The highest BCUT2D eigenvalue weighted by molar-refractivity contribution is 5.87. The molecule has 0 spiro atoms. The fourth-order valence-corrected chi connectivity index (χ4v) is 1.80. The standard InChI is InChI=1S/C11H12N2O/c1-2-11(14)13-10-5-8-3-4-12-7-9(8)6-10/h2-4,7,10H,1,5-6H2,(H,13,14). The Morgan fingerprint density at radius 3 is 3.07 bits per heavy atom. The van der Waals surface area contributed by atoms with E-state index in [1.54, 1.807) is 6.20 Å². The number of nitrogens with one attached hydrogen (secondary N) is 1. The Kier molecular flexibility index (Phi) is 2.31. The third-order valence-corrected chi connectivity index (χ3v) is 2.47. The number of pyridine rings is 1. The summed E-state index contributed by atoms with van der Waals surface area (Å²) < 4.78 is 0. The average Bonchev–Trinajstić information content (AvgIpc) is 2.59. The van der Waals surface area contributed by atoms with Crippen molar-refractivity contribution in [3.63, 3.8) is 0 Å². The van der Waals surface area contributed by atoms with E-state index in [0.29, 0.717) is 0 Å². The third kappa shape index (κ3) is 1.66. The van der Waals surface area contributed by atoms with Crippen molar-refractivity contribution in [1.29, 1.82) is 0 Å². The molecular formula is C11H12N2O. The predicted molar refractivity (Wildman–Crippen MR) is 53.8 cm³/mol. The highest BCUT2D eigenvalue weighted by Crippen LogP contribution is 2.20. The lowest BCUT2D eigenvalue weighted by molar-refractivity contribution is -0.117. The number of hydrogen-bond acceptors (Lipinski definition) is 2. The van der Waals surface area contributed by atoms with Crippen molar-refractivity contribution in [2.45, 2.75) is 18.9 Å². The van der Waals surface area contributed by atoms with E-state index in [1.807, 2.05) is 12.3 Å². The number of fused-ring (bicyclic) bond motifs is 1. The Hall–Kier alpha value is -1.64. The van der Waals surface area contributed by atoms with Gasteiger partial charge >= 0.3 is 0 Å². The van der Waals surface area contributed by atoms with Crippen molar-refractivity contribution in [1.82, 2.24) is 10.3 Å². The molecule has 0 bridgehead atoms. The molecule has 0 radical (unpaired) electrons. The zero-order chi connectivity index (χ0) is 9.97. The minimum absolute atomic E-state index is 0.101. The summed E-state index contributed by atoms with van der Waals surface area (Å²) in [6.07, 6.45) is 6.74. The molecule has 0 aliphatic heterocycles. The maximum atomic E-state index is 11.1. The second-order valence-corrected chi connectivity index (χ2v) is 3.46. The van der Waals surface area contributed by atoms with Crippen LogP contribution in [0.25, 0.3) is 0 Å². The molecule has 0 aromatic carbocycles. The number of aromatic nitrogens is 1. The normalized spacial score (nSPS) is 18.7. The summed E-state index contributed by atoms with van der Waals surface area (Å²) in [4.78, 5) is 15.1. The van der Waals surface area contributed by atoms with Crippen LogP contribution in [0.3, 0.4) is 0 Å². The van der Waals surface area contributed by atoms with Gasteiger partial charge in [0.15, 0.2) is 0 Å². The molecule has 1 N–H and O–H groups in total. The van der Waals surface area contributed by atoms with E-state index < -0.39 is 0 Å². The molecule has 1 aromatic heterocycles. The summed E-state index contributed by atoms with van der Waals surface area (Å²) in [5.41, 5.74) is 2.52. The molecule has 1 heterocycles. The lowest BCUT2D eigenvalue weighted by atomic mass is 10.2. The number of rotatable bonds is 2. The number of carbonyl (C=O) groups excluding carboxylic acids is 1. The van der Waals surface area contributed by atoms with Crippen LogP contribution in [-0.4, -0.2) is 16.9 Å². The topological polar surface area (TPSA) is 42.0 Å². The maximum Gasteiger partial charge on any atom is 0.243 e. The van der Waals surface area contributed by atoms with Gasteiger partial charge in [0.25, 0.3) is 0 Å². The number of amides is 1. The van der Waals surface area contributed by atoms with Crippen LogP contribution < -0.4 is 5.32 Å². The summed E-state index contributed by atoms with van der Waals surface area (Å²) in [5.74, 6) is -0.101. The van der Waals surface area contributed by atoms with Crippen molar-refractivity contribution in [2.75, 3.05) is 0 Å². The van der Waals surface area contributed by atoms with Gasteiger partial charge in [0.1, 0.15) is 0 Å². The predicted octanol–water partition coefficient (Wildman–Crippen LogP) is 0.851. The van der Waals surface area contributed by atoms with Crippen molar-refractivity contribution >= 4 is 5.91 Å². The van der Waals surface area contributed by atoms with Crippen LogP contribution >= 0.6 is 0 Å². The maximum absolute atomic E-state index is 11.1. The van der Waals surface area contributed by atoms with Crippen LogP contribution in [0.5, 0.6) is 0 Å². The zero-order valence-corrected chi connectivity index (χ0v) is 7.86. The van der Waals surface area contributed by atoms with Crippen molar-refractivity contribution in [2.24, 2.45) is 0 Å². The second kappa shape index (κ2) is 3.62. The van der Waals surface area contributed by atoms with Crippen molar-refractivity contribution < 1.29 is 4.79 Å². The molecule has 14 heavy (non-hydrogen) atoms. The Labute approximate surface area is 82.9 Å².